The fraction of sp³-hybridized carbons (Fsp3) is 0.370. The standard InChI is InChI=1S/C27H28N4O3/c1-3-25(32)19-10-11-24-22(15-19)30-27(21-9-4-5-12-28-21)31(24)20-8-6-7-18(13-20)14-26(33)23-16-34-17(2)29-23/h4-5,9-12,15-16,18,20H,3,6-8,13-14H2,1-2H3/t18-,20+/m0/s1. The Bertz CT molecular complexity index is 1340. The summed E-state index contributed by atoms with van der Waals surface area (Å²) >= 11 is 0. The molecule has 1 aliphatic rings. The van der Waals surface area contributed by atoms with Crippen LogP contribution in [-0.4, -0.2) is 31.1 Å². The van der Waals surface area contributed by atoms with Crippen LogP contribution in [-0.2, 0) is 0 Å². The molecule has 0 amide bonds. The molecule has 0 spiro atoms. The molecule has 0 saturated heterocycles. The van der Waals surface area contributed by atoms with Crippen LogP contribution in [0.5, 0.6) is 0 Å². The Labute approximate surface area is 198 Å². The number of rotatable bonds is 7. The van der Waals surface area contributed by atoms with Crippen molar-refractivity contribution >= 4 is 22.6 Å². The molecule has 3 aromatic heterocycles. The predicted octanol–water partition coefficient (Wildman–Crippen LogP) is 5.99. The van der Waals surface area contributed by atoms with Gasteiger partial charge in [0.2, 0.25) is 0 Å². The number of fused-ring (bicyclic) bond motifs is 1. The van der Waals surface area contributed by atoms with E-state index in [9.17, 15) is 9.59 Å². The van der Waals surface area contributed by atoms with Crippen molar-refractivity contribution in [1.29, 1.82) is 0 Å². The minimum Gasteiger partial charge on any atom is -0.449 e. The van der Waals surface area contributed by atoms with Crippen molar-refractivity contribution in [2.75, 3.05) is 0 Å². The summed E-state index contributed by atoms with van der Waals surface area (Å²) in [6, 6.07) is 11.8. The first kappa shape index (κ1) is 22.2. The zero-order valence-electron chi connectivity index (χ0n) is 19.5. The Balaban J connectivity index is 1.49. The van der Waals surface area contributed by atoms with Crippen LogP contribution in [0.4, 0.5) is 0 Å². The van der Waals surface area contributed by atoms with Crippen molar-refractivity contribution in [2.24, 2.45) is 5.92 Å². The van der Waals surface area contributed by atoms with Crippen LogP contribution in [0.25, 0.3) is 22.6 Å². The van der Waals surface area contributed by atoms with E-state index in [0.717, 1.165) is 48.2 Å². The number of hydrogen-bond acceptors (Lipinski definition) is 6. The van der Waals surface area contributed by atoms with Gasteiger partial charge in [-0.15, -0.1) is 0 Å². The minimum atomic E-state index is 0.0330. The maximum Gasteiger partial charge on any atom is 0.191 e. The highest BCUT2D eigenvalue weighted by molar-refractivity contribution is 5.99. The lowest BCUT2D eigenvalue weighted by molar-refractivity contribution is 0.0935. The molecule has 5 rings (SSSR count). The van der Waals surface area contributed by atoms with Gasteiger partial charge in [-0.2, -0.15) is 0 Å². The van der Waals surface area contributed by atoms with Crippen LogP contribution in [0.3, 0.4) is 0 Å². The third-order valence-electron chi connectivity index (χ3n) is 6.73. The summed E-state index contributed by atoms with van der Waals surface area (Å²) in [5.74, 6) is 1.72. The van der Waals surface area contributed by atoms with Crippen LogP contribution in [0, 0.1) is 12.8 Å². The summed E-state index contributed by atoms with van der Waals surface area (Å²) in [5.41, 5.74) is 3.70. The molecule has 174 valence electrons. The lowest BCUT2D eigenvalue weighted by Crippen LogP contribution is -2.22. The fourth-order valence-electron chi connectivity index (χ4n) is 5.06. The highest BCUT2D eigenvalue weighted by Crippen LogP contribution is 2.39. The molecular formula is C27H28N4O3. The van der Waals surface area contributed by atoms with Gasteiger partial charge in [0.25, 0.3) is 0 Å². The summed E-state index contributed by atoms with van der Waals surface area (Å²) in [6.45, 7) is 3.62. The van der Waals surface area contributed by atoms with Crippen molar-refractivity contribution in [3.8, 4) is 11.5 Å². The normalized spacial score (nSPS) is 18.3. The van der Waals surface area contributed by atoms with E-state index in [1.807, 2.05) is 43.3 Å². The highest BCUT2D eigenvalue weighted by atomic mass is 16.3. The molecule has 34 heavy (non-hydrogen) atoms. The molecule has 1 aromatic carbocycles. The SMILES string of the molecule is CCC(=O)c1ccc2c(c1)nc(-c1ccccn1)n2[C@@H]1CCC[C@H](CC(=O)c2coc(C)n2)C1. The molecule has 4 aromatic rings. The van der Waals surface area contributed by atoms with Crippen LogP contribution in [0.1, 0.15) is 78.2 Å². The average molecular weight is 457 g/mol. The molecule has 1 aliphatic carbocycles. The minimum absolute atomic E-state index is 0.0330. The number of imidazole rings is 1. The smallest absolute Gasteiger partial charge is 0.191 e. The van der Waals surface area contributed by atoms with Gasteiger partial charge >= 0.3 is 0 Å². The quantitative estimate of drug-likeness (QED) is 0.317. The molecular weight excluding hydrogens is 428 g/mol. The molecule has 0 radical (unpaired) electrons. The Morgan fingerprint density at radius 2 is 2.00 bits per heavy atom. The van der Waals surface area contributed by atoms with Crippen molar-refractivity contribution in [2.45, 2.75) is 58.4 Å². The van der Waals surface area contributed by atoms with E-state index in [4.69, 9.17) is 9.40 Å². The zero-order valence-corrected chi connectivity index (χ0v) is 19.5. The number of carbonyl (C=O) groups excluding carboxylic acids is 2. The first-order valence-electron chi connectivity index (χ1n) is 12.0. The van der Waals surface area contributed by atoms with Gasteiger partial charge < -0.3 is 8.98 Å². The molecule has 1 fully saturated rings. The van der Waals surface area contributed by atoms with Gasteiger partial charge in [-0.1, -0.05) is 19.4 Å². The summed E-state index contributed by atoms with van der Waals surface area (Å²) < 4.78 is 7.50. The maximum absolute atomic E-state index is 12.8. The van der Waals surface area contributed by atoms with Crippen molar-refractivity contribution in [3.05, 3.63) is 66.0 Å². The largest absolute Gasteiger partial charge is 0.449 e. The monoisotopic (exact) mass is 456 g/mol. The summed E-state index contributed by atoms with van der Waals surface area (Å²) in [4.78, 5) is 38.8. The van der Waals surface area contributed by atoms with E-state index >= 15 is 0 Å². The number of ketones is 2. The predicted molar refractivity (Wildman–Crippen MR) is 129 cm³/mol. The average Bonchev–Trinajstić information content (AvgIpc) is 3.47. The second-order valence-corrected chi connectivity index (χ2v) is 9.07. The number of benzene rings is 1. The van der Waals surface area contributed by atoms with Gasteiger partial charge in [-0.25, -0.2) is 9.97 Å². The van der Waals surface area contributed by atoms with Gasteiger partial charge in [0.1, 0.15) is 17.7 Å². The number of carbonyl (C=O) groups is 2. The number of aromatic nitrogens is 4. The van der Waals surface area contributed by atoms with Crippen molar-refractivity contribution in [3.63, 3.8) is 0 Å². The van der Waals surface area contributed by atoms with Gasteiger partial charge in [-0.05, 0) is 55.5 Å². The highest BCUT2D eigenvalue weighted by Gasteiger charge is 2.29. The topological polar surface area (TPSA) is 90.9 Å². The fourth-order valence-corrected chi connectivity index (χ4v) is 5.06. The Morgan fingerprint density at radius 3 is 2.74 bits per heavy atom. The lowest BCUT2D eigenvalue weighted by atomic mass is 9.82. The van der Waals surface area contributed by atoms with E-state index < -0.39 is 0 Å². The second-order valence-electron chi connectivity index (χ2n) is 9.07. The molecule has 7 nitrogen and oxygen atoms in total. The Kier molecular flexibility index (Phi) is 6.09. The zero-order chi connectivity index (χ0) is 23.7. The van der Waals surface area contributed by atoms with E-state index in [1.165, 1.54) is 6.26 Å². The molecule has 2 atom stereocenters. The number of hydrogen-bond donors (Lipinski definition) is 0. The molecule has 1 saturated carbocycles. The number of oxazole rings is 1. The van der Waals surface area contributed by atoms with E-state index in [0.29, 0.717) is 30.0 Å². The maximum atomic E-state index is 12.8. The summed E-state index contributed by atoms with van der Waals surface area (Å²) in [7, 11) is 0. The third kappa shape index (κ3) is 4.30. The van der Waals surface area contributed by atoms with Crippen molar-refractivity contribution in [1.82, 2.24) is 19.5 Å². The summed E-state index contributed by atoms with van der Waals surface area (Å²) in [5, 5.41) is 0. The van der Waals surface area contributed by atoms with Gasteiger partial charge in [0.05, 0.1) is 11.0 Å². The first-order valence-corrected chi connectivity index (χ1v) is 12.0. The molecule has 3 heterocycles. The molecule has 0 bridgehead atoms. The van der Waals surface area contributed by atoms with Gasteiger partial charge in [-0.3, -0.25) is 14.6 Å². The van der Waals surface area contributed by atoms with Crippen LogP contribution >= 0.6 is 0 Å². The number of nitrogens with zero attached hydrogens (tertiary/aromatic N) is 4. The number of aryl methyl sites for hydroxylation is 1. The van der Waals surface area contributed by atoms with E-state index in [-0.39, 0.29) is 23.5 Å². The lowest BCUT2D eigenvalue weighted by Gasteiger charge is -2.31. The van der Waals surface area contributed by atoms with Crippen LogP contribution < -0.4 is 0 Å². The van der Waals surface area contributed by atoms with Gasteiger partial charge in [0, 0.05) is 37.6 Å². The molecule has 0 unspecified atom stereocenters. The van der Waals surface area contributed by atoms with E-state index in [1.54, 1.807) is 13.1 Å². The summed E-state index contributed by atoms with van der Waals surface area (Å²) in [6.07, 6.45) is 8.08. The molecule has 7 heteroatoms. The Morgan fingerprint density at radius 1 is 1.12 bits per heavy atom. The molecule has 0 aliphatic heterocycles. The van der Waals surface area contributed by atoms with E-state index in [2.05, 4.69) is 14.5 Å². The first-order chi connectivity index (χ1) is 16.5. The number of Topliss-reactive ketones (excluding diaryl/α,β-unsaturated/α-hetero) is 2. The Hall–Kier alpha value is -3.61. The van der Waals surface area contributed by atoms with Gasteiger partial charge in [0.15, 0.2) is 23.3 Å². The second kappa shape index (κ2) is 9.33. The third-order valence-corrected chi connectivity index (χ3v) is 6.73. The van der Waals surface area contributed by atoms with Crippen LogP contribution in [0.2, 0.25) is 0 Å². The van der Waals surface area contributed by atoms with Crippen LogP contribution in [0.15, 0.2) is 53.3 Å². The number of pyridine rings is 1. The molecule has 0 N–H and O–H groups in total. The van der Waals surface area contributed by atoms with Crippen molar-refractivity contribution < 1.29 is 14.0 Å².